The van der Waals surface area contributed by atoms with Gasteiger partial charge >= 0.3 is 47.8 Å². The maximum Gasteiger partial charge on any atom is 0.339 e. The molecule has 21 nitrogen and oxygen atoms in total. The van der Waals surface area contributed by atoms with Crippen LogP contribution in [0.3, 0.4) is 0 Å². The zero-order chi connectivity index (χ0) is 36.7. The lowest BCUT2D eigenvalue weighted by Gasteiger charge is -2.42. The zero-order valence-electron chi connectivity index (χ0n) is 27.3. The lowest BCUT2D eigenvalue weighted by Crippen LogP contribution is -2.61. The fourth-order valence-corrected chi connectivity index (χ4v) is 4.37. The van der Waals surface area contributed by atoms with Gasteiger partial charge in [-0.3, -0.25) is 33.6 Å². The van der Waals surface area contributed by atoms with Gasteiger partial charge in [-0.05, 0) is 5.53 Å². The minimum Gasteiger partial charge on any atom is -0.467 e. The summed E-state index contributed by atoms with van der Waals surface area (Å²) in [5, 5.41) is 3.50. The van der Waals surface area contributed by atoms with E-state index in [4.69, 9.17) is 48.2 Å². The fourth-order valence-electron chi connectivity index (χ4n) is 4.37. The molecule has 268 valence electrons. The molecule has 2 heterocycles. The van der Waals surface area contributed by atoms with Crippen LogP contribution in [0.15, 0.2) is 5.11 Å². The van der Waals surface area contributed by atoms with Crippen molar-refractivity contribution < 1.29 is 85.7 Å². The number of azide groups is 1. The van der Waals surface area contributed by atoms with Crippen LogP contribution in [0.1, 0.15) is 54.9 Å². The van der Waals surface area contributed by atoms with Gasteiger partial charge in [-0.1, -0.05) is 5.11 Å². The quantitative estimate of drug-likeness (QED) is 0.0963. The molecule has 0 aliphatic carbocycles. The normalized spacial score (nSPS) is 27.5. The van der Waals surface area contributed by atoms with Crippen molar-refractivity contribution in [2.45, 2.75) is 110 Å². The van der Waals surface area contributed by atoms with Crippen molar-refractivity contribution in [3.8, 4) is 0 Å². The SMILES string of the molecule is CC(=O)OC[C@H]1OC(OC(C)=O)[C@H](OC(C)=O)[C@@H](N=[N+]=[N-])[C@@H]1OC(C)=O.COC(=O)[C@H]1O[C@@H](OC(C)=O)C[C@@H](OC(C)=O)[C@@H]1OC(C)=O. The molecule has 2 aliphatic rings. The van der Waals surface area contributed by atoms with Crippen molar-refractivity contribution in [1.82, 2.24) is 0 Å². The number of methoxy groups -OCH3 is 1. The molecule has 2 aliphatic heterocycles. The Morgan fingerprint density at radius 2 is 1.17 bits per heavy atom. The van der Waals surface area contributed by atoms with Crippen LogP contribution in [0.25, 0.3) is 10.4 Å². The highest BCUT2D eigenvalue weighted by molar-refractivity contribution is 5.77. The Morgan fingerprint density at radius 3 is 1.62 bits per heavy atom. The molecule has 2 saturated heterocycles. The topological polar surface area (TPSA) is 278 Å². The molecule has 0 saturated carbocycles. The van der Waals surface area contributed by atoms with Gasteiger partial charge < -0.3 is 47.4 Å². The van der Waals surface area contributed by atoms with E-state index in [1.807, 2.05) is 0 Å². The summed E-state index contributed by atoms with van der Waals surface area (Å²) in [5.74, 6) is -5.72. The number of ether oxygens (including phenoxy) is 10. The smallest absolute Gasteiger partial charge is 0.339 e. The number of hydrogen-bond acceptors (Lipinski definition) is 19. The van der Waals surface area contributed by atoms with Gasteiger partial charge in [-0.2, -0.15) is 0 Å². The molecule has 2 fully saturated rings. The van der Waals surface area contributed by atoms with Gasteiger partial charge in [0.25, 0.3) is 0 Å². The highest BCUT2D eigenvalue weighted by Gasteiger charge is 2.51. The van der Waals surface area contributed by atoms with Gasteiger partial charge in [-0.25, -0.2) is 4.79 Å². The lowest BCUT2D eigenvalue weighted by molar-refractivity contribution is -0.275. The van der Waals surface area contributed by atoms with Crippen molar-refractivity contribution in [3.05, 3.63) is 10.4 Å². The molecule has 0 radical (unpaired) electrons. The van der Waals surface area contributed by atoms with E-state index in [1.165, 1.54) is 0 Å². The van der Waals surface area contributed by atoms with Crippen molar-refractivity contribution in [2.75, 3.05) is 13.7 Å². The number of carbonyl (C=O) groups excluding carboxylic acids is 8. The Morgan fingerprint density at radius 1 is 0.667 bits per heavy atom. The largest absolute Gasteiger partial charge is 0.467 e. The van der Waals surface area contributed by atoms with Crippen LogP contribution >= 0.6 is 0 Å². The molecule has 21 heteroatoms. The maximum atomic E-state index is 11.8. The molecule has 1 unspecified atom stereocenters. The molecule has 9 atom stereocenters. The number of esters is 8. The minimum atomic E-state index is -1.46. The number of rotatable bonds is 10. The number of hydrogen-bond donors (Lipinski definition) is 0. The van der Waals surface area contributed by atoms with Gasteiger partial charge in [0.1, 0.15) is 31.0 Å². The van der Waals surface area contributed by atoms with E-state index in [0.29, 0.717) is 0 Å². The molecule has 48 heavy (non-hydrogen) atoms. The third-order valence-corrected chi connectivity index (χ3v) is 5.88. The molecule has 0 N–H and O–H groups in total. The Kier molecular flexibility index (Phi) is 16.8. The first kappa shape index (κ1) is 41.0. The van der Waals surface area contributed by atoms with Gasteiger partial charge in [-0.15, -0.1) is 0 Å². The van der Waals surface area contributed by atoms with Crippen LogP contribution in [-0.4, -0.2) is 117 Å². The molecule has 0 aromatic carbocycles. The van der Waals surface area contributed by atoms with Crippen LogP contribution < -0.4 is 0 Å². The summed E-state index contributed by atoms with van der Waals surface area (Å²) in [6, 6.07) is -1.29. The molecule has 0 spiro atoms. The minimum absolute atomic E-state index is 0.0788. The summed E-state index contributed by atoms with van der Waals surface area (Å²) >= 11 is 0. The van der Waals surface area contributed by atoms with Crippen molar-refractivity contribution >= 4 is 47.8 Å². The predicted molar refractivity (Wildman–Crippen MR) is 149 cm³/mol. The van der Waals surface area contributed by atoms with Crippen LogP contribution in [0, 0.1) is 0 Å². The second-order valence-corrected chi connectivity index (χ2v) is 9.88. The number of nitrogens with zero attached hydrogens (tertiary/aromatic N) is 3. The fraction of sp³-hybridized carbons (Fsp3) is 0.704. The van der Waals surface area contributed by atoms with E-state index in [1.54, 1.807) is 0 Å². The van der Waals surface area contributed by atoms with Gasteiger partial charge in [0.2, 0.25) is 12.6 Å². The highest BCUT2D eigenvalue weighted by atomic mass is 16.7. The third-order valence-electron chi connectivity index (χ3n) is 5.88. The van der Waals surface area contributed by atoms with Crippen LogP contribution in [-0.2, 0) is 85.7 Å². The summed E-state index contributed by atoms with van der Waals surface area (Å²) in [5.41, 5.74) is 8.84. The van der Waals surface area contributed by atoms with E-state index in [0.717, 1.165) is 55.6 Å². The van der Waals surface area contributed by atoms with Crippen molar-refractivity contribution in [1.29, 1.82) is 0 Å². The molecule has 2 rings (SSSR count). The first-order chi connectivity index (χ1) is 22.4. The van der Waals surface area contributed by atoms with Crippen LogP contribution in [0.4, 0.5) is 0 Å². The molecule has 0 aromatic heterocycles. The Hall–Kier alpha value is -5.01. The van der Waals surface area contributed by atoms with Crippen LogP contribution in [0.2, 0.25) is 0 Å². The Bertz CT molecular complexity index is 1270. The van der Waals surface area contributed by atoms with E-state index in [9.17, 15) is 38.4 Å². The monoisotopic (exact) mass is 691 g/mol. The molecule has 0 amide bonds. The number of carbonyl (C=O) groups is 8. The van der Waals surface area contributed by atoms with Gasteiger partial charge in [0.05, 0.1) is 13.5 Å². The molecule has 0 bridgehead atoms. The van der Waals surface area contributed by atoms with E-state index in [2.05, 4.69) is 14.8 Å². The molecular weight excluding hydrogens is 654 g/mol. The van der Waals surface area contributed by atoms with E-state index in [-0.39, 0.29) is 13.0 Å². The average Bonchev–Trinajstić information content (AvgIpc) is 2.94. The summed E-state index contributed by atoms with van der Waals surface area (Å²) in [7, 11) is 1.12. The second-order valence-electron chi connectivity index (χ2n) is 9.88. The first-order valence-electron chi connectivity index (χ1n) is 14.0. The van der Waals surface area contributed by atoms with Gasteiger partial charge in [0.15, 0.2) is 18.3 Å². The summed E-state index contributed by atoms with van der Waals surface area (Å²) < 4.78 is 50.3. The first-order valence-corrected chi connectivity index (χ1v) is 14.0. The second kappa shape index (κ2) is 19.6. The highest BCUT2D eigenvalue weighted by Crippen LogP contribution is 2.30. The van der Waals surface area contributed by atoms with Gasteiger partial charge in [0, 0.05) is 53.4 Å². The summed E-state index contributed by atoms with van der Waals surface area (Å²) in [6.07, 6.45) is -10.00. The third kappa shape index (κ3) is 13.8. The Balaban J connectivity index is 0.000000487. The van der Waals surface area contributed by atoms with Crippen molar-refractivity contribution in [3.63, 3.8) is 0 Å². The standard InChI is InChI=1S/C14H19N3O9.C13H18O9/c1-6(18)22-5-10-12(23-7(2)19)11(16-17-15)13(24-8(3)20)14(26-10)25-9(4)21;1-6(14)19-9-5-10(20-7(2)15)22-12(13(17)18-4)11(9)21-8(3)16/h10-14H,5H2,1-4H3;9-12H,5H2,1-4H3/t10-,11+,12-,13-,14?;9-,10-,11+,12+/m11/s1. The van der Waals surface area contributed by atoms with Crippen molar-refractivity contribution in [2.24, 2.45) is 5.11 Å². The Labute approximate surface area is 273 Å². The van der Waals surface area contributed by atoms with E-state index >= 15 is 0 Å². The molecular formula is C27H37N3O18. The molecule has 0 aromatic rings. The lowest BCUT2D eigenvalue weighted by atomic mass is 9.96. The van der Waals surface area contributed by atoms with Crippen LogP contribution in [0.5, 0.6) is 0 Å². The summed E-state index contributed by atoms with van der Waals surface area (Å²) in [4.78, 5) is 93.1. The zero-order valence-corrected chi connectivity index (χ0v) is 27.3. The summed E-state index contributed by atoms with van der Waals surface area (Å²) in [6.45, 7) is 7.52. The predicted octanol–water partition coefficient (Wildman–Crippen LogP) is 0.0807. The van der Waals surface area contributed by atoms with E-state index < -0.39 is 103 Å². The average molecular weight is 692 g/mol. The maximum absolute atomic E-state index is 11.8.